The van der Waals surface area contributed by atoms with Gasteiger partial charge in [0.2, 0.25) is 5.91 Å². The van der Waals surface area contributed by atoms with Gasteiger partial charge in [-0.3, -0.25) is 4.79 Å². The highest BCUT2D eigenvalue weighted by atomic mass is 16.2. The molecule has 5 nitrogen and oxygen atoms in total. The van der Waals surface area contributed by atoms with Gasteiger partial charge in [-0.05, 0) is 44.2 Å². The van der Waals surface area contributed by atoms with Crippen LogP contribution in [0.25, 0.3) is 0 Å². The summed E-state index contributed by atoms with van der Waals surface area (Å²) in [5, 5.41) is 6.66. The molecule has 3 saturated heterocycles. The van der Waals surface area contributed by atoms with Crippen molar-refractivity contribution in [3.05, 3.63) is 18.3 Å². The summed E-state index contributed by atoms with van der Waals surface area (Å²) in [5.74, 6) is 1.21. The molecule has 0 spiro atoms. The fraction of sp³-hybridized carbons (Fsp3) is 0.625. The molecule has 4 heterocycles. The minimum Gasteiger partial charge on any atom is -0.355 e. The number of aromatic nitrogens is 1. The maximum absolute atomic E-state index is 12.6. The van der Waals surface area contributed by atoms with Crippen molar-refractivity contribution in [2.45, 2.75) is 44.2 Å². The number of carbonyl (C=O) groups is 1. The number of carbonyl (C=O) groups excluding carboxylic acids is 1. The molecule has 3 fully saturated rings. The number of nitrogens with zero attached hydrogens (tertiary/aromatic N) is 2. The van der Waals surface area contributed by atoms with Crippen LogP contribution in [0.2, 0.25) is 0 Å². The summed E-state index contributed by atoms with van der Waals surface area (Å²) < 4.78 is 0. The van der Waals surface area contributed by atoms with Gasteiger partial charge in [-0.1, -0.05) is 0 Å². The van der Waals surface area contributed by atoms with Crippen molar-refractivity contribution in [2.75, 3.05) is 23.3 Å². The van der Waals surface area contributed by atoms with Gasteiger partial charge in [-0.15, -0.1) is 0 Å². The van der Waals surface area contributed by atoms with Gasteiger partial charge in [0, 0.05) is 31.4 Å². The molecular formula is C16H22N4O. The van der Waals surface area contributed by atoms with Gasteiger partial charge in [0.05, 0.1) is 11.6 Å². The molecule has 3 aliphatic heterocycles. The summed E-state index contributed by atoms with van der Waals surface area (Å²) in [5.41, 5.74) is 0.868. The van der Waals surface area contributed by atoms with E-state index in [4.69, 9.17) is 0 Å². The Morgan fingerprint density at radius 3 is 2.90 bits per heavy atom. The molecule has 3 aliphatic rings. The number of nitrogens with one attached hydrogen (secondary N) is 2. The largest absolute Gasteiger partial charge is 0.355 e. The molecule has 5 heteroatoms. The molecule has 0 saturated carbocycles. The first-order valence-corrected chi connectivity index (χ1v) is 8.08. The third-order valence-electron chi connectivity index (χ3n) is 5.09. The normalized spacial score (nSPS) is 30.9. The first-order valence-electron chi connectivity index (χ1n) is 8.08. The van der Waals surface area contributed by atoms with E-state index in [1.807, 2.05) is 18.3 Å². The van der Waals surface area contributed by atoms with Gasteiger partial charge in [0.25, 0.3) is 0 Å². The minimum atomic E-state index is 0.121. The molecule has 3 unspecified atom stereocenters. The van der Waals surface area contributed by atoms with Gasteiger partial charge >= 0.3 is 0 Å². The number of fused-ring (bicyclic) bond motifs is 2. The lowest BCUT2D eigenvalue weighted by atomic mass is 9.88. The predicted octanol–water partition coefficient (Wildman–Crippen LogP) is 1.76. The molecule has 1 aromatic rings. The van der Waals surface area contributed by atoms with Gasteiger partial charge < -0.3 is 15.5 Å². The van der Waals surface area contributed by atoms with E-state index in [2.05, 4.69) is 20.5 Å². The van der Waals surface area contributed by atoms with Crippen molar-refractivity contribution < 1.29 is 4.79 Å². The fourth-order valence-electron chi connectivity index (χ4n) is 4.01. The van der Waals surface area contributed by atoms with Gasteiger partial charge in [0.15, 0.2) is 5.82 Å². The molecule has 4 rings (SSSR count). The number of hydrogen-bond donors (Lipinski definition) is 2. The molecule has 2 N–H and O–H groups in total. The highest BCUT2D eigenvalue weighted by molar-refractivity contribution is 5.96. The fourth-order valence-corrected chi connectivity index (χ4v) is 4.01. The zero-order valence-electron chi connectivity index (χ0n) is 12.2. The molecule has 1 aromatic heterocycles. The third-order valence-corrected chi connectivity index (χ3v) is 5.09. The minimum absolute atomic E-state index is 0.121. The van der Waals surface area contributed by atoms with E-state index < -0.39 is 0 Å². The Kier molecular flexibility index (Phi) is 3.30. The monoisotopic (exact) mass is 286 g/mol. The molecular weight excluding hydrogens is 264 g/mol. The SMILES string of the molecule is O=C(Nc1cccnc1N1CCCC1)C1CC2CCC1N2. The van der Waals surface area contributed by atoms with Crippen LogP contribution >= 0.6 is 0 Å². The highest BCUT2D eigenvalue weighted by Crippen LogP contribution is 2.34. The van der Waals surface area contributed by atoms with Crippen LogP contribution in [0.1, 0.15) is 32.1 Å². The van der Waals surface area contributed by atoms with Gasteiger partial charge in [-0.25, -0.2) is 4.98 Å². The van der Waals surface area contributed by atoms with Crippen molar-refractivity contribution in [1.29, 1.82) is 0 Å². The number of anilines is 2. The molecule has 2 bridgehead atoms. The Hall–Kier alpha value is -1.62. The average Bonchev–Trinajstić information content (AvgIpc) is 3.25. The zero-order valence-corrected chi connectivity index (χ0v) is 12.2. The van der Waals surface area contributed by atoms with Crippen LogP contribution in [0.5, 0.6) is 0 Å². The first kappa shape index (κ1) is 13.1. The summed E-state index contributed by atoms with van der Waals surface area (Å²) in [6.07, 6.45) is 7.56. The van der Waals surface area contributed by atoms with Crippen LogP contribution in [0.15, 0.2) is 18.3 Å². The van der Waals surface area contributed by atoms with Crippen molar-refractivity contribution in [2.24, 2.45) is 5.92 Å². The van der Waals surface area contributed by atoms with Crippen LogP contribution < -0.4 is 15.5 Å². The maximum Gasteiger partial charge on any atom is 0.229 e. The Bertz CT molecular complexity index is 541. The van der Waals surface area contributed by atoms with Crippen molar-refractivity contribution >= 4 is 17.4 Å². The maximum atomic E-state index is 12.6. The summed E-state index contributed by atoms with van der Waals surface area (Å²) >= 11 is 0. The summed E-state index contributed by atoms with van der Waals surface area (Å²) in [6.45, 7) is 2.07. The zero-order chi connectivity index (χ0) is 14.2. The summed E-state index contributed by atoms with van der Waals surface area (Å²) in [4.78, 5) is 19.3. The van der Waals surface area contributed by atoms with E-state index in [9.17, 15) is 4.79 Å². The van der Waals surface area contributed by atoms with Crippen LogP contribution in [0.4, 0.5) is 11.5 Å². The highest BCUT2D eigenvalue weighted by Gasteiger charge is 2.42. The Labute approximate surface area is 125 Å². The summed E-state index contributed by atoms with van der Waals surface area (Å²) in [7, 11) is 0. The van der Waals surface area contributed by atoms with Crippen molar-refractivity contribution in [3.63, 3.8) is 0 Å². The topological polar surface area (TPSA) is 57.3 Å². The van der Waals surface area contributed by atoms with Crippen LogP contribution in [-0.2, 0) is 4.79 Å². The molecule has 3 atom stereocenters. The van der Waals surface area contributed by atoms with E-state index >= 15 is 0 Å². The van der Waals surface area contributed by atoms with Crippen LogP contribution in [0, 0.1) is 5.92 Å². The number of pyridine rings is 1. The van der Waals surface area contributed by atoms with E-state index in [1.165, 1.54) is 19.3 Å². The van der Waals surface area contributed by atoms with Gasteiger partial charge in [-0.2, -0.15) is 0 Å². The smallest absolute Gasteiger partial charge is 0.229 e. The molecule has 1 amide bonds. The lowest BCUT2D eigenvalue weighted by molar-refractivity contribution is -0.120. The Morgan fingerprint density at radius 2 is 2.19 bits per heavy atom. The molecule has 112 valence electrons. The quantitative estimate of drug-likeness (QED) is 0.889. The average molecular weight is 286 g/mol. The van der Waals surface area contributed by atoms with Crippen LogP contribution in [-0.4, -0.2) is 36.1 Å². The molecule has 21 heavy (non-hydrogen) atoms. The van der Waals surface area contributed by atoms with Crippen molar-refractivity contribution in [1.82, 2.24) is 10.3 Å². The summed E-state index contributed by atoms with van der Waals surface area (Å²) in [6, 6.07) is 4.80. The van der Waals surface area contributed by atoms with E-state index in [-0.39, 0.29) is 11.8 Å². The standard InChI is InChI=1S/C16H22N4O/c21-16(12-10-11-5-6-13(12)18-11)19-14-4-3-7-17-15(14)20-8-1-2-9-20/h3-4,7,11-13,18H,1-2,5-6,8-10H2,(H,19,21). The van der Waals surface area contributed by atoms with Crippen LogP contribution in [0.3, 0.4) is 0 Å². The molecule has 0 aromatic carbocycles. The second-order valence-electron chi connectivity index (χ2n) is 6.45. The predicted molar refractivity (Wildman–Crippen MR) is 82.4 cm³/mol. The lowest BCUT2D eigenvalue weighted by Gasteiger charge is -2.23. The Balaban J connectivity index is 1.50. The van der Waals surface area contributed by atoms with E-state index in [0.29, 0.717) is 12.1 Å². The van der Waals surface area contributed by atoms with E-state index in [1.54, 1.807) is 0 Å². The van der Waals surface area contributed by atoms with E-state index in [0.717, 1.165) is 37.4 Å². The number of hydrogen-bond acceptors (Lipinski definition) is 4. The second kappa shape index (κ2) is 5.30. The Morgan fingerprint density at radius 1 is 1.33 bits per heavy atom. The first-order chi connectivity index (χ1) is 10.3. The second-order valence-corrected chi connectivity index (χ2v) is 6.45. The molecule has 0 radical (unpaired) electrons. The number of rotatable bonds is 3. The number of amides is 1. The molecule has 0 aliphatic carbocycles. The lowest BCUT2D eigenvalue weighted by Crippen LogP contribution is -2.33. The van der Waals surface area contributed by atoms with Crippen molar-refractivity contribution in [3.8, 4) is 0 Å². The third kappa shape index (κ3) is 2.39. The van der Waals surface area contributed by atoms with Gasteiger partial charge in [0.1, 0.15) is 0 Å².